The molecule has 1 aromatic rings. The van der Waals surface area contributed by atoms with Gasteiger partial charge in [0.2, 0.25) is 0 Å². The molecule has 0 aliphatic heterocycles. The van der Waals surface area contributed by atoms with Gasteiger partial charge in [0.05, 0.1) is 12.2 Å². The third kappa shape index (κ3) is 4.68. The van der Waals surface area contributed by atoms with Gasteiger partial charge in [-0.25, -0.2) is 0 Å². The van der Waals surface area contributed by atoms with E-state index in [-0.39, 0.29) is 12.1 Å². The number of hydrogen-bond donors (Lipinski definition) is 3. The van der Waals surface area contributed by atoms with Crippen molar-refractivity contribution in [3.05, 3.63) is 34.9 Å². The van der Waals surface area contributed by atoms with E-state index < -0.39 is 35.3 Å². The first kappa shape index (κ1) is 19.4. The van der Waals surface area contributed by atoms with Crippen molar-refractivity contribution in [1.29, 1.82) is 0 Å². The minimum absolute atomic E-state index is 0.0323. The second kappa shape index (κ2) is 6.49. The molecule has 0 heterocycles. The first-order valence-corrected chi connectivity index (χ1v) is 7.11. The maximum Gasteiger partial charge on any atom is 0.416 e. The Bertz CT molecular complexity index is 579. The van der Waals surface area contributed by atoms with E-state index in [1.54, 1.807) is 20.8 Å². The Morgan fingerprint density at radius 1 is 1.13 bits per heavy atom. The highest BCUT2D eigenvalue weighted by molar-refractivity contribution is 5.78. The van der Waals surface area contributed by atoms with Crippen LogP contribution in [-0.4, -0.2) is 28.3 Å². The predicted molar refractivity (Wildman–Crippen MR) is 80.1 cm³/mol. The van der Waals surface area contributed by atoms with Crippen LogP contribution in [-0.2, 0) is 22.9 Å². The molecule has 0 aliphatic carbocycles. The van der Waals surface area contributed by atoms with E-state index in [1.165, 1.54) is 19.1 Å². The first-order valence-electron chi connectivity index (χ1n) is 7.11. The quantitative estimate of drug-likeness (QED) is 0.775. The van der Waals surface area contributed by atoms with E-state index in [1.807, 2.05) is 0 Å². The van der Waals surface area contributed by atoms with Gasteiger partial charge in [0.15, 0.2) is 0 Å². The number of alkyl halides is 3. The second-order valence-electron chi connectivity index (χ2n) is 6.78. The molecule has 0 saturated carbocycles. The van der Waals surface area contributed by atoms with E-state index >= 15 is 0 Å². The minimum Gasteiger partial charge on any atom is -0.480 e. The van der Waals surface area contributed by atoms with Gasteiger partial charge in [0.1, 0.15) is 5.54 Å². The Kier molecular flexibility index (Phi) is 5.49. The van der Waals surface area contributed by atoms with Crippen LogP contribution in [0.1, 0.15) is 44.4 Å². The van der Waals surface area contributed by atoms with Crippen molar-refractivity contribution in [2.24, 2.45) is 0 Å². The zero-order valence-electron chi connectivity index (χ0n) is 13.6. The Balaban J connectivity index is 3.15. The molecule has 0 spiro atoms. The average Bonchev–Trinajstić information content (AvgIpc) is 2.42. The third-order valence-electron chi connectivity index (χ3n) is 3.67. The highest BCUT2D eigenvalue weighted by Crippen LogP contribution is 2.37. The molecule has 1 unspecified atom stereocenters. The van der Waals surface area contributed by atoms with E-state index in [0.29, 0.717) is 5.56 Å². The molecular formula is C16H22F3NO3. The smallest absolute Gasteiger partial charge is 0.416 e. The number of aliphatic hydroxyl groups excluding tert-OH is 1. The lowest BCUT2D eigenvalue weighted by Gasteiger charge is -2.27. The molecule has 0 aliphatic rings. The summed E-state index contributed by atoms with van der Waals surface area (Å²) in [5, 5.41) is 20.9. The average molecular weight is 333 g/mol. The summed E-state index contributed by atoms with van der Waals surface area (Å²) in [6, 6.07) is 3.74. The van der Waals surface area contributed by atoms with Crippen LogP contribution in [0.2, 0.25) is 0 Å². The molecule has 1 rings (SSSR count). The van der Waals surface area contributed by atoms with Crippen molar-refractivity contribution in [2.45, 2.75) is 51.4 Å². The molecule has 0 saturated heterocycles. The number of nitrogens with one attached hydrogen (secondary N) is 1. The standard InChI is InChI=1S/C16H22F3NO3/c1-14(2,3)12-7-10(5-6-11(12)16(17,18)19)8-20-15(4,9-21)13(22)23/h5-7,20-21H,8-9H2,1-4H3,(H,22,23). The van der Waals surface area contributed by atoms with Gasteiger partial charge in [-0.15, -0.1) is 0 Å². The van der Waals surface area contributed by atoms with Gasteiger partial charge in [-0.2, -0.15) is 13.2 Å². The van der Waals surface area contributed by atoms with Gasteiger partial charge in [0.25, 0.3) is 0 Å². The van der Waals surface area contributed by atoms with E-state index in [0.717, 1.165) is 6.07 Å². The van der Waals surface area contributed by atoms with Gasteiger partial charge in [-0.3, -0.25) is 10.1 Å². The molecule has 23 heavy (non-hydrogen) atoms. The number of benzene rings is 1. The zero-order chi connectivity index (χ0) is 18.1. The molecule has 3 N–H and O–H groups in total. The first-order chi connectivity index (χ1) is 10.3. The summed E-state index contributed by atoms with van der Waals surface area (Å²) in [4.78, 5) is 11.1. The van der Waals surface area contributed by atoms with E-state index in [2.05, 4.69) is 5.32 Å². The third-order valence-corrected chi connectivity index (χ3v) is 3.67. The summed E-state index contributed by atoms with van der Waals surface area (Å²) in [7, 11) is 0. The molecule has 1 atom stereocenters. The number of aliphatic carboxylic acids is 1. The van der Waals surface area contributed by atoms with E-state index in [9.17, 15) is 23.1 Å². The summed E-state index contributed by atoms with van der Waals surface area (Å²) < 4.78 is 39.4. The lowest BCUT2D eigenvalue weighted by atomic mass is 9.82. The number of hydrogen-bond acceptors (Lipinski definition) is 3. The number of carbonyl (C=O) groups is 1. The summed E-state index contributed by atoms with van der Waals surface area (Å²) in [5.74, 6) is -1.23. The Morgan fingerprint density at radius 2 is 1.70 bits per heavy atom. The summed E-state index contributed by atoms with van der Waals surface area (Å²) in [6.45, 7) is 5.77. The zero-order valence-corrected chi connectivity index (χ0v) is 13.6. The van der Waals surface area contributed by atoms with Crippen LogP contribution in [0.15, 0.2) is 18.2 Å². The fourth-order valence-corrected chi connectivity index (χ4v) is 2.07. The number of carboxylic acids is 1. The van der Waals surface area contributed by atoms with Crippen LogP contribution in [0.5, 0.6) is 0 Å². The van der Waals surface area contributed by atoms with Crippen LogP contribution >= 0.6 is 0 Å². The molecule has 0 aromatic heterocycles. The molecule has 7 heteroatoms. The maximum absolute atomic E-state index is 13.1. The Morgan fingerprint density at radius 3 is 2.09 bits per heavy atom. The SMILES string of the molecule is CC(CO)(NCc1ccc(C(F)(F)F)c(C(C)(C)C)c1)C(=O)O. The number of rotatable bonds is 5. The molecule has 0 amide bonds. The minimum atomic E-state index is -4.45. The fraction of sp³-hybridized carbons (Fsp3) is 0.562. The summed E-state index contributed by atoms with van der Waals surface area (Å²) >= 11 is 0. The molecule has 4 nitrogen and oxygen atoms in total. The van der Waals surface area contributed by atoms with Crippen molar-refractivity contribution in [2.75, 3.05) is 6.61 Å². The topological polar surface area (TPSA) is 69.6 Å². The molecule has 130 valence electrons. The molecular weight excluding hydrogens is 311 g/mol. The van der Waals surface area contributed by atoms with Gasteiger partial charge in [-0.05, 0) is 29.5 Å². The predicted octanol–water partition coefficient (Wildman–Crippen LogP) is 2.93. The van der Waals surface area contributed by atoms with Gasteiger partial charge in [0, 0.05) is 6.54 Å². The van der Waals surface area contributed by atoms with Crippen LogP contribution in [0, 0.1) is 0 Å². The van der Waals surface area contributed by atoms with Gasteiger partial charge in [-0.1, -0.05) is 32.9 Å². The molecule has 0 radical (unpaired) electrons. The fourth-order valence-electron chi connectivity index (χ4n) is 2.07. The lowest BCUT2D eigenvalue weighted by molar-refractivity contribution is -0.146. The van der Waals surface area contributed by atoms with Gasteiger partial charge < -0.3 is 10.2 Å². The van der Waals surface area contributed by atoms with Crippen LogP contribution < -0.4 is 5.32 Å². The second-order valence-corrected chi connectivity index (χ2v) is 6.78. The van der Waals surface area contributed by atoms with Crippen molar-refractivity contribution in [3.8, 4) is 0 Å². The number of carboxylic acid groups (broad SMARTS) is 1. The van der Waals surface area contributed by atoms with Crippen LogP contribution in [0.4, 0.5) is 13.2 Å². The number of aliphatic hydroxyl groups is 1. The number of halogens is 3. The Hall–Kier alpha value is -1.60. The summed E-state index contributed by atoms with van der Waals surface area (Å²) in [6.07, 6.45) is -4.45. The molecule has 0 fully saturated rings. The largest absolute Gasteiger partial charge is 0.480 e. The molecule has 0 bridgehead atoms. The van der Waals surface area contributed by atoms with Crippen molar-refractivity contribution in [3.63, 3.8) is 0 Å². The van der Waals surface area contributed by atoms with Gasteiger partial charge >= 0.3 is 12.1 Å². The van der Waals surface area contributed by atoms with Crippen molar-refractivity contribution >= 4 is 5.97 Å². The maximum atomic E-state index is 13.1. The molecule has 1 aromatic carbocycles. The van der Waals surface area contributed by atoms with Crippen molar-refractivity contribution in [1.82, 2.24) is 5.32 Å². The van der Waals surface area contributed by atoms with Crippen LogP contribution in [0.3, 0.4) is 0 Å². The highest BCUT2D eigenvalue weighted by atomic mass is 19.4. The Labute approximate surface area is 133 Å². The normalized spacial score (nSPS) is 15.3. The van der Waals surface area contributed by atoms with Crippen LogP contribution in [0.25, 0.3) is 0 Å². The summed E-state index contributed by atoms with van der Waals surface area (Å²) in [5.41, 5.74) is -2.30. The van der Waals surface area contributed by atoms with Crippen molar-refractivity contribution < 1.29 is 28.2 Å². The lowest BCUT2D eigenvalue weighted by Crippen LogP contribution is -2.52. The van der Waals surface area contributed by atoms with E-state index in [4.69, 9.17) is 5.11 Å². The highest BCUT2D eigenvalue weighted by Gasteiger charge is 2.36. The monoisotopic (exact) mass is 333 g/mol.